The molecule has 8 heteroatoms. The van der Waals surface area contributed by atoms with Crippen molar-refractivity contribution in [2.24, 2.45) is 0 Å². The van der Waals surface area contributed by atoms with Gasteiger partial charge in [0.05, 0.1) is 17.5 Å². The van der Waals surface area contributed by atoms with Crippen molar-refractivity contribution in [3.63, 3.8) is 0 Å². The lowest BCUT2D eigenvalue weighted by atomic mass is 10.2. The van der Waals surface area contributed by atoms with Gasteiger partial charge in [0.25, 0.3) is 0 Å². The Labute approximate surface area is 129 Å². The molecule has 1 unspecified atom stereocenters. The molecular weight excluding hydrogens is 321 g/mol. The molecule has 2 N–H and O–H groups in total. The number of benzene rings is 1. The minimum Gasteiger partial charge on any atom is -0.324 e. The molecule has 1 fully saturated rings. The Morgan fingerprint density at radius 3 is 2.86 bits per heavy atom. The van der Waals surface area contributed by atoms with E-state index in [9.17, 15) is 18.0 Å². The maximum Gasteiger partial charge on any atom is 0.398 e. The molecule has 1 aromatic rings. The number of carbonyl (C=O) groups is 1. The highest BCUT2D eigenvalue weighted by Gasteiger charge is 2.28. The standard InChI is InChI=1S/C13H15F3N2OS2/c14-13(15,16)8-21-11-4-2-1-3-9(11)18-12(19)10-7-20-6-5-17-10/h1-4,10,17H,5-8H2,(H,18,19). The van der Waals surface area contributed by atoms with Crippen molar-refractivity contribution in [2.45, 2.75) is 17.1 Å². The van der Waals surface area contributed by atoms with E-state index < -0.39 is 11.9 Å². The molecule has 3 nitrogen and oxygen atoms in total. The minimum absolute atomic E-state index is 0.206. The Morgan fingerprint density at radius 1 is 1.43 bits per heavy atom. The van der Waals surface area contributed by atoms with Gasteiger partial charge in [-0.3, -0.25) is 4.79 Å². The Bertz CT molecular complexity index is 491. The number of nitrogens with one attached hydrogen (secondary N) is 2. The second kappa shape index (κ2) is 7.42. The highest BCUT2D eigenvalue weighted by atomic mass is 32.2. The van der Waals surface area contributed by atoms with E-state index in [2.05, 4.69) is 10.6 Å². The quantitative estimate of drug-likeness (QED) is 0.830. The van der Waals surface area contributed by atoms with E-state index in [1.165, 1.54) is 0 Å². The van der Waals surface area contributed by atoms with Gasteiger partial charge < -0.3 is 10.6 Å². The van der Waals surface area contributed by atoms with E-state index in [0.29, 0.717) is 28.1 Å². The summed E-state index contributed by atoms with van der Waals surface area (Å²) in [4.78, 5) is 12.5. The van der Waals surface area contributed by atoms with Gasteiger partial charge in [-0.1, -0.05) is 12.1 Å². The second-order valence-electron chi connectivity index (χ2n) is 4.47. The first-order chi connectivity index (χ1) is 9.96. The fourth-order valence-corrected chi connectivity index (χ4v) is 3.51. The van der Waals surface area contributed by atoms with Crippen LogP contribution in [-0.4, -0.2) is 41.9 Å². The summed E-state index contributed by atoms with van der Waals surface area (Å²) in [6, 6.07) is 6.24. The van der Waals surface area contributed by atoms with Crippen LogP contribution in [0.1, 0.15) is 0 Å². The predicted octanol–water partition coefficient (Wildman–Crippen LogP) is 2.98. The molecule has 0 aromatic heterocycles. The van der Waals surface area contributed by atoms with Crippen LogP contribution in [0.3, 0.4) is 0 Å². The van der Waals surface area contributed by atoms with Crippen molar-refractivity contribution in [3.05, 3.63) is 24.3 Å². The van der Waals surface area contributed by atoms with Crippen molar-refractivity contribution < 1.29 is 18.0 Å². The van der Waals surface area contributed by atoms with Crippen molar-refractivity contribution >= 4 is 35.1 Å². The summed E-state index contributed by atoms with van der Waals surface area (Å²) in [5.74, 6) is 0.449. The lowest BCUT2D eigenvalue weighted by Crippen LogP contribution is -2.46. The van der Waals surface area contributed by atoms with Crippen LogP contribution in [0.15, 0.2) is 29.2 Å². The van der Waals surface area contributed by atoms with Crippen LogP contribution in [0.2, 0.25) is 0 Å². The van der Waals surface area contributed by atoms with E-state index in [4.69, 9.17) is 0 Å². The molecule has 0 aliphatic carbocycles. The molecule has 0 saturated carbocycles. The Morgan fingerprint density at radius 2 is 2.19 bits per heavy atom. The molecule has 0 spiro atoms. The molecule has 21 heavy (non-hydrogen) atoms. The molecule has 0 radical (unpaired) electrons. The molecule has 1 heterocycles. The van der Waals surface area contributed by atoms with Crippen molar-refractivity contribution in [1.29, 1.82) is 0 Å². The van der Waals surface area contributed by atoms with Gasteiger partial charge in [-0.25, -0.2) is 0 Å². The molecule has 1 saturated heterocycles. The minimum atomic E-state index is -4.23. The molecule has 116 valence electrons. The van der Waals surface area contributed by atoms with Gasteiger partial charge in [0.15, 0.2) is 0 Å². The molecule has 1 aliphatic rings. The van der Waals surface area contributed by atoms with Crippen LogP contribution in [0.4, 0.5) is 18.9 Å². The fraction of sp³-hybridized carbons (Fsp3) is 0.462. The molecule has 1 amide bonds. The smallest absolute Gasteiger partial charge is 0.324 e. The summed E-state index contributed by atoms with van der Waals surface area (Å²) in [7, 11) is 0. The number of carbonyl (C=O) groups excluding carboxylic acids is 1. The first-order valence-electron chi connectivity index (χ1n) is 6.36. The first kappa shape index (κ1) is 16.5. The van der Waals surface area contributed by atoms with E-state index in [0.717, 1.165) is 12.3 Å². The predicted molar refractivity (Wildman–Crippen MR) is 81.0 cm³/mol. The Balaban J connectivity index is 2.00. The number of hydrogen-bond donors (Lipinski definition) is 2. The third-order valence-electron chi connectivity index (χ3n) is 2.77. The van der Waals surface area contributed by atoms with Crippen LogP contribution in [-0.2, 0) is 4.79 Å². The first-order valence-corrected chi connectivity index (χ1v) is 8.50. The molecule has 1 aromatic carbocycles. The topological polar surface area (TPSA) is 41.1 Å². The van der Waals surface area contributed by atoms with E-state index >= 15 is 0 Å². The van der Waals surface area contributed by atoms with Crippen molar-refractivity contribution in [2.75, 3.05) is 29.1 Å². The van der Waals surface area contributed by atoms with Crippen molar-refractivity contribution in [1.82, 2.24) is 5.32 Å². The Hall–Kier alpha value is -0.860. The summed E-state index contributed by atoms with van der Waals surface area (Å²) >= 11 is 2.36. The summed E-state index contributed by atoms with van der Waals surface area (Å²) in [5, 5.41) is 5.81. The third kappa shape index (κ3) is 5.44. The lowest BCUT2D eigenvalue weighted by molar-refractivity contribution is -0.117. The molecule has 1 atom stereocenters. The molecule has 2 rings (SSSR count). The fourth-order valence-electron chi connectivity index (χ4n) is 1.81. The Kier molecular flexibility index (Phi) is 5.83. The molecular formula is C13H15F3N2OS2. The van der Waals surface area contributed by atoms with E-state index in [1.54, 1.807) is 36.0 Å². The van der Waals surface area contributed by atoms with Crippen LogP contribution in [0.25, 0.3) is 0 Å². The number of anilines is 1. The zero-order valence-corrected chi connectivity index (χ0v) is 12.7. The lowest BCUT2D eigenvalue weighted by Gasteiger charge is -2.22. The number of thioether (sulfide) groups is 2. The highest BCUT2D eigenvalue weighted by Crippen LogP contribution is 2.32. The maximum absolute atomic E-state index is 12.3. The number of para-hydroxylation sites is 1. The van der Waals surface area contributed by atoms with Crippen LogP contribution >= 0.6 is 23.5 Å². The van der Waals surface area contributed by atoms with Gasteiger partial charge in [0.2, 0.25) is 5.91 Å². The summed E-state index contributed by atoms with van der Waals surface area (Å²) in [5.41, 5.74) is 0.425. The maximum atomic E-state index is 12.3. The van der Waals surface area contributed by atoms with Crippen LogP contribution in [0, 0.1) is 0 Å². The van der Waals surface area contributed by atoms with Crippen LogP contribution < -0.4 is 10.6 Å². The normalized spacial score (nSPS) is 19.3. The van der Waals surface area contributed by atoms with Gasteiger partial charge in [-0.05, 0) is 12.1 Å². The van der Waals surface area contributed by atoms with Gasteiger partial charge in [0, 0.05) is 22.9 Å². The van der Waals surface area contributed by atoms with Crippen molar-refractivity contribution in [3.8, 4) is 0 Å². The number of amides is 1. The number of hydrogen-bond acceptors (Lipinski definition) is 4. The van der Waals surface area contributed by atoms with Gasteiger partial charge in [-0.15, -0.1) is 11.8 Å². The van der Waals surface area contributed by atoms with Gasteiger partial charge >= 0.3 is 6.18 Å². The SMILES string of the molecule is O=C(Nc1ccccc1SCC(F)(F)F)C1CSCCN1. The summed E-state index contributed by atoms with van der Waals surface area (Å²) in [6.07, 6.45) is -4.23. The van der Waals surface area contributed by atoms with Gasteiger partial charge in [0.1, 0.15) is 0 Å². The monoisotopic (exact) mass is 336 g/mol. The summed E-state index contributed by atoms with van der Waals surface area (Å²) in [6.45, 7) is 0.757. The largest absolute Gasteiger partial charge is 0.398 e. The zero-order valence-electron chi connectivity index (χ0n) is 11.1. The zero-order chi connectivity index (χ0) is 15.3. The van der Waals surface area contributed by atoms with E-state index in [1.807, 2.05) is 0 Å². The number of halogens is 3. The molecule has 0 bridgehead atoms. The average molecular weight is 336 g/mol. The third-order valence-corrected chi connectivity index (χ3v) is 4.97. The molecule has 1 aliphatic heterocycles. The average Bonchev–Trinajstić information content (AvgIpc) is 2.46. The van der Waals surface area contributed by atoms with Crippen LogP contribution in [0.5, 0.6) is 0 Å². The summed E-state index contributed by atoms with van der Waals surface area (Å²) < 4.78 is 36.9. The van der Waals surface area contributed by atoms with Gasteiger partial charge in [-0.2, -0.15) is 24.9 Å². The number of alkyl halides is 3. The number of rotatable bonds is 4. The second-order valence-corrected chi connectivity index (χ2v) is 6.64. The highest BCUT2D eigenvalue weighted by molar-refractivity contribution is 7.99. The van der Waals surface area contributed by atoms with E-state index in [-0.39, 0.29) is 11.9 Å².